The monoisotopic (exact) mass is 376 g/mol. The molecule has 2 aromatic carbocycles. The number of ether oxygens (including phenoxy) is 3. The molecule has 0 saturated carbocycles. The van der Waals surface area contributed by atoms with Crippen LogP contribution in [-0.2, 0) is 0 Å². The maximum Gasteiger partial charge on any atom is 0.271 e. The van der Waals surface area contributed by atoms with Gasteiger partial charge in [0.1, 0.15) is 5.75 Å². The molecule has 7 heteroatoms. The highest BCUT2D eigenvalue weighted by Crippen LogP contribution is 2.36. The van der Waals surface area contributed by atoms with E-state index in [4.69, 9.17) is 14.2 Å². The smallest absolute Gasteiger partial charge is 0.271 e. The van der Waals surface area contributed by atoms with Crippen molar-refractivity contribution in [1.82, 2.24) is 5.43 Å². The topological polar surface area (TPSA) is 69.2 Å². The lowest BCUT2D eigenvalue weighted by molar-refractivity contribution is 0.0955. The van der Waals surface area contributed by atoms with E-state index < -0.39 is 0 Å². The first-order chi connectivity index (χ1) is 11.2. The van der Waals surface area contributed by atoms with Gasteiger partial charge in [0, 0.05) is 15.6 Å². The molecule has 0 spiro atoms. The lowest BCUT2D eigenvalue weighted by Crippen LogP contribution is -2.17. The summed E-state index contributed by atoms with van der Waals surface area (Å²) in [4.78, 5) is 12.0. The summed E-state index contributed by atoms with van der Waals surface area (Å²) in [6, 6.07) is 10.4. The van der Waals surface area contributed by atoms with Crippen molar-refractivity contribution in [3.05, 3.63) is 52.0 Å². The van der Waals surface area contributed by atoms with E-state index in [1.807, 2.05) is 0 Å². The lowest BCUT2D eigenvalue weighted by Gasteiger charge is -2.03. The molecular weight excluding hydrogens is 364 g/mol. The number of rotatable bonds is 4. The number of nitrogens with one attached hydrogen (secondary N) is 1. The molecule has 0 aliphatic carbocycles. The third kappa shape index (κ3) is 3.45. The minimum Gasteiger partial charge on any atom is -0.497 e. The number of benzene rings is 2. The number of carbonyl (C=O) groups excluding carboxylic acids is 1. The highest BCUT2D eigenvalue weighted by Gasteiger charge is 2.15. The third-order valence-electron chi connectivity index (χ3n) is 3.21. The van der Waals surface area contributed by atoms with Crippen molar-refractivity contribution >= 4 is 28.1 Å². The Balaban J connectivity index is 1.67. The van der Waals surface area contributed by atoms with Crippen LogP contribution < -0.4 is 19.6 Å². The molecule has 0 fully saturated rings. The van der Waals surface area contributed by atoms with E-state index >= 15 is 0 Å². The predicted octanol–water partition coefficient (Wildman–Crippen LogP) is 2.95. The van der Waals surface area contributed by atoms with Crippen LogP contribution in [0.2, 0.25) is 0 Å². The molecule has 0 bridgehead atoms. The molecular formula is C16H13BrN2O4. The molecule has 0 unspecified atom stereocenters. The summed E-state index contributed by atoms with van der Waals surface area (Å²) in [5.74, 6) is 1.71. The van der Waals surface area contributed by atoms with Crippen LogP contribution >= 0.6 is 15.9 Å². The van der Waals surface area contributed by atoms with Crippen LogP contribution in [0.1, 0.15) is 15.9 Å². The Morgan fingerprint density at radius 3 is 2.65 bits per heavy atom. The second-order valence-corrected chi connectivity index (χ2v) is 5.51. The molecule has 6 nitrogen and oxygen atoms in total. The Bertz CT molecular complexity index is 759. The van der Waals surface area contributed by atoms with E-state index in [1.54, 1.807) is 43.5 Å². The minimum atomic E-state index is -0.305. The zero-order chi connectivity index (χ0) is 16.2. The molecule has 1 aliphatic heterocycles. The molecule has 1 heterocycles. The van der Waals surface area contributed by atoms with Crippen molar-refractivity contribution < 1.29 is 19.0 Å². The first-order valence-electron chi connectivity index (χ1n) is 6.74. The number of nitrogens with zero attached hydrogens (tertiary/aromatic N) is 1. The maximum atomic E-state index is 12.0. The highest BCUT2D eigenvalue weighted by atomic mass is 79.9. The fourth-order valence-electron chi connectivity index (χ4n) is 2.00. The number of amides is 1. The van der Waals surface area contributed by atoms with Gasteiger partial charge in [-0.2, -0.15) is 5.10 Å². The largest absolute Gasteiger partial charge is 0.497 e. The molecule has 0 radical (unpaired) electrons. The minimum absolute atomic E-state index is 0.205. The van der Waals surface area contributed by atoms with Crippen molar-refractivity contribution in [2.24, 2.45) is 5.10 Å². The van der Waals surface area contributed by atoms with Crippen LogP contribution in [0, 0.1) is 0 Å². The Hall–Kier alpha value is -2.54. The van der Waals surface area contributed by atoms with Crippen molar-refractivity contribution in [3.63, 3.8) is 0 Å². The van der Waals surface area contributed by atoms with Gasteiger partial charge in [0.2, 0.25) is 6.79 Å². The zero-order valence-corrected chi connectivity index (χ0v) is 13.8. The molecule has 3 rings (SSSR count). The van der Waals surface area contributed by atoms with Gasteiger partial charge < -0.3 is 14.2 Å². The second kappa shape index (κ2) is 6.70. The van der Waals surface area contributed by atoms with Gasteiger partial charge in [0.05, 0.1) is 13.3 Å². The van der Waals surface area contributed by atoms with E-state index in [-0.39, 0.29) is 12.7 Å². The molecule has 118 valence electrons. The van der Waals surface area contributed by atoms with Gasteiger partial charge in [0.15, 0.2) is 11.5 Å². The summed E-state index contributed by atoms with van der Waals surface area (Å²) in [6.45, 7) is 0.205. The van der Waals surface area contributed by atoms with Gasteiger partial charge in [0.25, 0.3) is 5.91 Å². The van der Waals surface area contributed by atoms with Gasteiger partial charge in [-0.15, -0.1) is 0 Å². The normalized spacial score (nSPS) is 12.4. The molecule has 0 atom stereocenters. The average Bonchev–Trinajstić information content (AvgIpc) is 3.02. The van der Waals surface area contributed by atoms with E-state index in [2.05, 4.69) is 26.5 Å². The summed E-state index contributed by atoms with van der Waals surface area (Å²) < 4.78 is 16.4. The van der Waals surface area contributed by atoms with E-state index in [1.165, 1.54) is 6.21 Å². The summed E-state index contributed by atoms with van der Waals surface area (Å²) in [5.41, 5.74) is 3.74. The van der Waals surface area contributed by atoms with Crippen LogP contribution in [-0.4, -0.2) is 26.0 Å². The second-order valence-electron chi connectivity index (χ2n) is 4.65. The first-order valence-corrected chi connectivity index (χ1v) is 7.53. The van der Waals surface area contributed by atoms with Crippen LogP contribution in [0.3, 0.4) is 0 Å². The van der Waals surface area contributed by atoms with Gasteiger partial charge >= 0.3 is 0 Å². The number of carbonyl (C=O) groups is 1. The highest BCUT2D eigenvalue weighted by molar-refractivity contribution is 9.10. The number of methoxy groups -OCH3 is 1. The van der Waals surface area contributed by atoms with Gasteiger partial charge in [-0.25, -0.2) is 5.43 Å². The van der Waals surface area contributed by atoms with Crippen molar-refractivity contribution in [2.75, 3.05) is 13.9 Å². The number of hydrogen-bond donors (Lipinski definition) is 1. The van der Waals surface area contributed by atoms with Gasteiger partial charge in [-0.1, -0.05) is 0 Å². The van der Waals surface area contributed by atoms with Gasteiger partial charge in [-0.05, 0) is 52.3 Å². The summed E-state index contributed by atoms with van der Waals surface area (Å²) >= 11 is 3.42. The number of hydrazone groups is 1. The van der Waals surface area contributed by atoms with Crippen LogP contribution in [0.5, 0.6) is 17.2 Å². The first kappa shape index (κ1) is 15.4. The Morgan fingerprint density at radius 2 is 1.96 bits per heavy atom. The molecule has 1 amide bonds. The maximum absolute atomic E-state index is 12.0. The molecule has 1 aliphatic rings. The van der Waals surface area contributed by atoms with E-state index in [0.29, 0.717) is 22.8 Å². The lowest BCUT2D eigenvalue weighted by atomic mass is 10.2. The number of hydrogen-bond acceptors (Lipinski definition) is 5. The Labute approximate surface area is 141 Å². The quantitative estimate of drug-likeness (QED) is 0.657. The van der Waals surface area contributed by atoms with Crippen LogP contribution in [0.15, 0.2) is 46.0 Å². The molecule has 23 heavy (non-hydrogen) atoms. The molecule has 1 N–H and O–H groups in total. The number of halogens is 1. The summed E-state index contributed by atoms with van der Waals surface area (Å²) in [6.07, 6.45) is 1.54. The summed E-state index contributed by atoms with van der Waals surface area (Å²) in [7, 11) is 1.57. The summed E-state index contributed by atoms with van der Waals surface area (Å²) in [5, 5.41) is 3.96. The van der Waals surface area contributed by atoms with Crippen molar-refractivity contribution in [1.29, 1.82) is 0 Å². The van der Waals surface area contributed by atoms with Crippen LogP contribution in [0.25, 0.3) is 0 Å². The fraction of sp³-hybridized carbons (Fsp3) is 0.125. The SMILES string of the molecule is COc1ccc(C(=O)N/N=C/c2cc3c(cc2Br)OCO3)cc1. The standard InChI is InChI=1S/C16H13BrN2O4/c1-21-12-4-2-10(3-5-12)16(20)19-18-8-11-6-14-15(7-13(11)17)23-9-22-14/h2-8H,9H2,1H3,(H,19,20)/b18-8+. The van der Waals surface area contributed by atoms with Crippen LogP contribution in [0.4, 0.5) is 0 Å². The third-order valence-corrected chi connectivity index (χ3v) is 3.90. The predicted molar refractivity (Wildman–Crippen MR) is 88.3 cm³/mol. The van der Waals surface area contributed by atoms with E-state index in [0.717, 1.165) is 10.0 Å². The molecule has 2 aromatic rings. The van der Waals surface area contributed by atoms with Crippen molar-refractivity contribution in [2.45, 2.75) is 0 Å². The fourth-order valence-corrected chi connectivity index (χ4v) is 2.42. The van der Waals surface area contributed by atoms with Gasteiger partial charge in [-0.3, -0.25) is 4.79 Å². The van der Waals surface area contributed by atoms with Crippen molar-refractivity contribution in [3.8, 4) is 17.2 Å². The molecule has 0 aromatic heterocycles. The Morgan fingerprint density at radius 1 is 1.26 bits per heavy atom. The Kier molecular flexibility index (Phi) is 4.47. The molecule has 0 saturated heterocycles. The number of fused-ring (bicyclic) bond motifs is 1. The van der Waals surface area contributed by atoms with E-state index in [9.17, 15) is 4.79 Å². The zero-order valence-electron chi connectivity index (χ0n) is 12.2. The average molecular weight is 377 g/mol.